The maximum absolute atomic E-state index is 11.3. The van der Waals surface area contributed by atoms with Gasteiger partial charge in [0.25, 0.3) is 0 Å². The summed E-state index contributed by atoms with van der Waals surface area (Å²) in [6.07, 6.45) is 1.17. The van der Waals surface area contributed by atoms with Crippen molar-refractivity contribution in [3.63, 3.8) is 0 Å². The molecule has 2 aliphatic heterocycles. The van der Waals surface area contributed by atoms with Crippen molar-refractivity contribution in [3.05, 3.63) is 23.8 Å². The zero-order valence-electron chi connectivity index (χ0n) is 11.5. The minimum Gasteiger partial charge on any atom is -0.410 e. The van der Waals surface area contributed by atoms with Crippen LogP contribution < -0.4 is 15.0 Å². The molecule has 0 aromatic heterocycles. The number of carbonyl (C=O) groups is 1. The highest BCUT2D eigenvalue weighted by Crippen LogP contribution is 2.47. The number of hydrogen-bond acceptors (Lipinski definition) is 4. The molecule has 0 bridgehead atoms. The molecular formula is C14H19N3O2. The van der Waals surface area contributed by atoms with E-state index < -0.39 is 6.09 Å². The van der Waals surface area contributed by atoms with Crippen molar-refractivity contribution in [1.82, 2.24) is 10.2 Å². The highest BCUT2D eigenvalue weighted by molar-refractivity contribution is 5.71. The Morgan fingerprint density at radius 1 is 1.42 bits per heavy atom. The van der Waals surface area contributed by atoms with Crippen LogP contribution in [0.25, 0.3) is 0 Å². The van der Waals surface area contributed by atoms with Gasteiger partial charge >= 0.3 is 6.09 Å². The molecule has 1 aromatic rings. The monoisotopic (exact) mass is 261 g/mol. The number of hydrogen-bond donors (Lipinski definition) is 1. The molecule has 1 N–H and O–H groups in total. The molecule has 19 heavy (non-hydrogen) atoms. The lowest BCUT2D eigenvalue weighted by atomic mass is 9.98. The van der Waals surface area contributed by atoms with Crippen molar-refractivity contribution in [2.45, 2.75) is 18.5 Å². The van der Waals surface area contributed by atoms with Crippen LogP contribution >= 0.6 is 0 Å². The highest BCUT2D eigenvalue weighted by atomic mass is 16.5. The molecule has 3 rings (SSSR count). The number of nitrogens with zero attached hydrogens (tertiary/aromatic N) is 2. The van der Waals surface area contributed by atoms with Crippen molar-refractivity contribution in [2.24, 2.45) is 0 Å². The van der Waals surface area contributed by atoms with Crippen molar-refractivity contribution in [1.29, 1.82) is 0 Å². The van der Waals surface area contributed by atoms with E-state index in [1.807, 2.05) is 18.2 Å². The van der Waals surface area contributed by atoms with Gasteiger partial charge in [0.15, 0.2) is 0 Å². The van der Waals surface area contributed by atoms with E-state index in [0.717, 1.165) is 13.0 Å². The number of anilines is 1. The maximum Gasteiger partial charge on any atom is 0.412 e. The number of likely N-dealkylation sites (tertiary alicyclic amines) is 1. The zero-order valence-corrected chi connectivity index (χ0v) is 11.5. The number of nitrogens with one attached hydrogen (secondary N) is 1. The standard InChI is InChI=1S/C14H19N3O2/c1-15-14(18)19-9-4-5-12-11(8-9)10-6-7-16(2)13(10)17(12)3/h4-5,8,10,13H,6-7H2,1-3H3,(H,15,18)/t10-,13+/m0/s1. The second kappa shape index (κ2) is 4.42. The Kier molecular flexibility index (Phi) is 2.86. The Balaban J connectivity index is 1.92. The van der Waals surface area contributed by atoms with Gasteiger partial charge in [0.05, 0.1) is 6.17 Å². The minimum absolute atomic E-state index is 0.425. The van der Waals surface area contributed by atoms with Gasteiger partial charge in [-0.05, 0) is 37.2 Å². The Hall–Kier alpha value is -1.75. The van der Waals surface area contributed by atoms with Crippen molar-refractivity contribution < 1.29 is 9.53 Å². The van der Waals surface area contributed by atoms with Gasteiger partial charge < -0.3 is 15.0 Å². The Bertz CT molecular complexity index is 517. The number of rotatable bonds is 1. The number of ether oxygens (including phenoxy) is 1. The lowest BCUT2D eigenvalue weighted by molar-refractivity contribution is 0.203. The second-order valence-corrected chi connectivity index (χ2v) is 5.26. The molecule has 0 saturated carbocycles. The van der Waals surface area contributed by atoms with E-state index in [-0.39, 0.29) is 0 Å². The molecule has 5 nitrogen and oxygen atoms in total. The van der Waals surface area contributed by atoms with Crippen molar-refractivity contribution in [2.75, 3.05) is 32.6 Å². The maximum atomic E-state index is 11.3. The van der Waals surface area contributed by atoms with Crippen LogP contribution in [0.3, 0.4) is 0 Å². The van der Waals surface area contributed by atoms with Crippen LogP contribution in [0, 0.1) is 0 Å². The van der Waals surface area contributed by atoms with Gasteiger partial charge in [-0.15, -0.1) is 0 Å². The molecule has 2 aliphatic rings. The molecule has 1 fully saturated rings. The lowest BCUT2D eigenvalue weighted by Crippen LogP contribution is -2.39. The summed E-state index contributed by atoms with van der Waals surface area (Å²) in [5, 5.41) is 2.46. The summed E-state index contributed by atoms with van der Waals surface area (Å²) in [5.74, 6) is 1.12. The van der Waals surface area contributed by atoms with Crippen LogP contribution in [0.2, 0.25) is 0 Å². The SMILES string of the molecule is CNC(=O)Oc1ccc2c(c1)[C@@H]1CCN(C)[C@@H]1N2C. The third kappa shape index (κ3) is 1.85. The second-order valence-electron chi connectivity index (χ2n) is 5.26. The predicted octanol–water partition coefficient (Wildman–Crippen LogP) is 1.60. The molecule has 0 radical (unpaired) electrons. The lowest BCUT2D eigenvalue weighted by Gasteiger charge is -2.28. The van der Waals surface area contributed by atoms with E-state index in [4.69, 9.17) is 4.74 Å². The van der Waals surface area contributed by atoms with E-state index in [9.17, 15) is 4.79 Å². The number of fused-ring (bicyclic) bond motifs is 3. The number of likely N-dealkylation sites (N-methyl/N-ethyl adjacent to an activating group) is 2. The molecule has 5 heteroatoms. The molecule has 1 aromatic carbocycles. The van der Waals surface area contributed by atoms with Crippen LogP contribution in [-0.4, -0.2) is 44.8 Å². The molecule has 2 atom stereocenters. The molecule has 102 valence electrons. The van der Waals surface area contributed by atoms with E-state index in [2.05, 4.69) is 29.2 Å². The summed E-state index contributed by atoms with van der Waals surface area (Å²) < 4.78 is 5.22. The Morgan fingerprint density at radius 2 is 2.21 bits per heavy atom. The predicted molar refractivity (Wildman–Crippen MR) is 73.7 cm³/mol. The summed E-state index contributed by atoms with van der Waals surface area (Å²) in [6.45, 7) is 1.11. The normalized spacial score (nSPS) is 25.1. The third-order valence-corrected chi connectivity index (χ3v) is 4.19. The van der Waals surface area contributed by atoms with E-state index in [1.165, 1.54) is 11.3 Å². The Labute approximate surface area is 113 Å². The summed E-state index contributed by atoms with van der Waals surface area (Å²) in [7, 11) is 5.85. The summed E-state index contributed by atoms with van der Waals surface area (Å²) >= 11 is 0. The molecule has 2 heterocycles. The fourth-order valence-corrected chi connectivity index (χ4v) is 3.33. The molecule has 0 unspecified atom stereocenters. The first kappa shape index (κ1) is 12.3. The molecule has 0 aliphatic carbocycles. The number of amides is 1. The first-order valence-corrected chi connectivity index (χ1v) is 6.58. The van der Waals surface area contributed by atoms with E-state index in [1.54, 1.807) is 7.05 Å². The van der Waals surface area contributed by atoms with Crippen molar-refractivity contribution in [3.8, 4) is 5.75 Å². The minimum atomic E-state index is -0.425. The molecular weight excluding hydrogens is 242 g/mol. The van der Waals surface area contributed by atoms with Gasteiger partial charge in [-0.1, -0.05) is 0 Å². The van der Waals surface area contributed by atoms with E-state index in [0.29, 0.717) is 17.8 Å². The van der Waals surface area contributed by atoms with E-state index >= 15 is 0 Å². The van der Waals surface area contributed by atoms with Crippen molar-refractivity contribution >= 4 is 11.8 Å². The largest absolute Gasteiger partial charge is 0.412 e. The third-order valence-electron chi connectivity index (χ3n) is 4.19. The van der Waals surface area contributed by atoms with Gasteiger partial charge in [0.2, 0.25) is 0 Å². The average molecular weight is 261 g/mol. The van der Waals surface area contributed by atoms with Crippen LogP contribution in [-0.2, 0) is 0 Å². The van der Waals surface area contributed by atoms with Gasteiger partial charge in [0, 0.05) is 32.2 Å². The smallest absolute Gasteiger partial charge is 0.410 e. The fraction of sp³-hybridized carbons (Fsp3) is 0.500. The molecule has 1 amide bonds. The van der Waals surface area contributed by atoms with Gasteiger partial charge in [-0.3, -0.25) is 4.90 Å². The quantitative estimate of drug-likeness (QED) is 0.834. The fourth-order valence-electron chi connectivity index (χ4n) is 3.33. The van der Waals surface area contributed by atoms with Crippen LogP contribution in [0.15, 0.2) is 18.2 Å². The Morgan fingerprint density at radius 3 is 2.95 bits per heavy atom. The van der Waals surface area contributed by atoms with Crippen LogP contribution in [0.4, 0.5) is 10.5 Å². The molecule has 0 spiro atoms. The number of carbonyl (C=O) groups excluding carboxylic acids is 1. The summed E-state index contributed by atoms with van der Waals surface area (Å²) in [4.78, 5) is 16.0. The average Bonchev–Trinajstić information content (AvgIpc) is 2.91. The summed E-state index contributed by atoms with van der Waals surface area (Å²) in [6, 6.07) is 5.90. The van der Waals surface area contributed by atoms with Crippen LogP contribution in [0.1, 0.15) is 17.9 Å². The van der Waals surface area contributed by atoms with Crippen LogP contribution in [0.5, 0.6) is 5.75 Å². The highest BCUT2D eigenvalue weighted by Gasteiger charge is 2.43. The van der Waals surface area contributed by atoms with Gasteiger partial charge in [-0.25, -0.2) is 4.79 Å². The first-order valence-electron chi connectivity index (χ1n) is 6.58. The zero-order chi connectivity index (χ0) is 13.6. The topological polar surface area (TPSA) is 44.8 Å². The van der Waals surface area contributed by atoms with Gasteiger partial charge in [-0.2, -0.15) is 0 Å². The molecule has 1 saturated heterocycles. The summed E-state index contributed by atoms with van der Waals surface area (Å²) in [5.41, 5.74) is 2.53. The van der Waals surface area contributed by atoms with Gasteiger partial charge in [0.1, 0.15) is 5.75 Å². The number of benzene rings is 1. The first-order chi connectivity index (χ1) is 9.11.